The van der Waals surface area contributed by atoms with Gasteiger partial charge in [-0.25, -0.2) is 0 Å². The molecular weight excluding hydrogens is 262 g/mol. The van der Waals surface area contributed by atoms with Gasteiger partial charge in [0.15, 0.2) is 0 Å². The highest BCUT2D eigenvalue weighted by Crippen LogP contribution is 2.18. The lowest BCUT2D eigenvalue weighted by Gasteiger charge is -2.37. The average molecular weight is 283 g/mol. The molecule has 1 aromatic heterocycles. The van der Waals surface area contributed by atoms with E-state index in [-0.39, 0.29) is 11.9 Å². The molecule has 1 aromatic carbocycles. The highest BCUT2D eigenvalue weighted by molar-refractivity contribution is 5.82. The second-order valence-electron chi connectivity index (χ2n) is 5.89. The van der Waals surface area contributed by atoms with Gasteiger partial charge in [-0.3, -0.25) is 14.7 Å². The number of piperazine rings is 1. The second kappa shape index (κ2) is 5.45. The van der Waals surface area contributed by atoms with Crippen LogP contribution in [0.15, 0.2) is 30.3 Å². The predicted octanol–water partition coefficient (Wildman–Crippen LogP) is 2.21. The number of rotatable bonds is 2. The van der Waals surface area contributed by atoms with Crippen LogP contribution in [0.5, 0.6) is 0 Å². The van der Waals surface area contributed by atoms with Gasteiger partial charge in [0.1, 0.15) is 0 Å². The van der Waals surface area contributed by atoms with Gasteiger partial charge < -0.3 is 4.90 Å². The van der Waals surface area contributed by atoms with Crippen molar-refractivity contribution in [3.63, 3.8) is 0 Å². The Morgan fingerprint density at radius 2 is 2.05 bits per heavy atom. The third-order valence-electron chi connectivity index (χ3n) is 4.28. The number of amides is 1. The summed E-state index contributed by atoms with van der Waals surface area (Å²) in [5.41, 5.74) is 3.30. The van der Waals surface area contributed by atoms with Crippen molar-refractivity contribution < 1.29 is 4.79 Å². The van der Waals surface area contributed by atoms with Gasteiger partial charge in [-0.15, -0.1) is 0 Å². The Morgan fingerprint density at radius 3 is 2.86 bits per heavy atom. The molecule has 0 spiro atoms. The Hall–Kier alpha value is -1.94. The van der Waals surface area contributed by atoms with E-state index in [1.165, 1.54) is 5.56 Å². The third-order valence-corrected chi connectivity index (χ3v) is 4.28. The molecule has 0 N–H and O–H groups in total. The molecule has 1 unspecified atom stereocenters. The molecule has 1 fully saturated rings. The zero-order valence-corrected chi connectivity index (χ0v) is 12.8. The monoisotopic (exact) mass is 283 g/mol. The summed E-state index contributed by atoms with van der Waals surface area (Å²) in [4.78, 5) is 20.6. The highest BCUT2D eigenvalue weighted by atomic mass is 16.2. The van der Waals surface area contributed by atoms with E-state index in [4.69, 9.17) is 0 Å². The average Bonchev–Trinajstić information content (AvgIpc) is 2.48. The number of likely N-dealkylation sites (N-methyl/N-ethyl adjacent to an activating group) is 1. The van der Waals surface area contributed by atoms with Crippen LogP contribution in [0.4, 0.5) is 0 Å². The van der Waals surface area contributed by atoms with E-state index < -0.39 is 0 Å². The fourth-order valence-electron chi connectivity index (χ4n) is 2.88. The first-order chi connectivity index (χ1) is 10.0. The number of carbonyl (C=O) groups is 1. The van der Waals surface area contributed by atoms with Gasteiger partial charge >= 0.3 is 0 Å². The summed E-state index contributed by atoms with van der Waals surface area (Å²) in [6, 6.07) is 10.5. The van der Waals surface area contributed by atoms with Crippen LogP contribution in [0.3, 0.4) is 0 Å². The summed E-state index contributed by atoms with van der Waals surface area (Å²) in [6.45, 7) is 6.53. The molecule has 2 heterocycles. The van der Waals surface area contributed by atoms with Gasteiger partial charge in [-0.2, -0.15) is 0 Å². The van der Waals surface area contributed by atoms with Crippen LogP contribution in [0.2, 0.25) is 0 Å². The van der Waals surface area contributed by atoms with Gasteiger partial charge in [0.25, 0.3) is 0 Å². The quantitative estimate of drug-likeness (QED) is 0.848. The topological polar surface area (TPSA) is 36.4 Å². The number of hydrogen-bond acceptors (Lipinski definition) is 3. The lowest BCUT2D eigenvalue weighted by atomic mass is 10.1. The number of aromatic nitrogens is 1. The van der Waals surface area contributed by atoms with E-state index in [1.54, 1.807) is 0 Å². The minimum atomic E-state index is -0.0458. The Balaban J connectivity index is 1.81. The number of fused-ring (bicyclic) bond motifs is 1. The van der Waals surface area contributed by atoms with Crippen molar-refractivity contribution in [1.29, 1.82) is 0 Å². The maximum Gasteiger partial charge on any atom is 0.239 e. The molecule has 4 nitrogen and oxygen atoms in total. The first-order valence-corrected chi connectivity index (χ1v) is 7.40. The van der Waals surface area contributed by atoms with Gasteiger partial charge in [-0.05, 0) is 37.6 Å². The van der Waals surface area contributed by atoms with Gasteiger partial charge in [0.05, 0.1) is 11.6 Å². The Kier molecular flexibility index (Phi) is 3.64. The molecule has 0 bridgehead atoms. The molecule has 0 aliphatic carbocycles. The summed E-state index contributed by atoms with van der Waals surface area (Å²) in [7, 11) is 1.88. The maximum absolute atomic E-state index is 12.0. The van der Waals surface area contributed by atoms with E-state index in [9.17, 15) is 4.79 Å². The molecular formula is C17H21N3O. The normalized spacial score (nSPS) is 20.2. The number of benzene rings is 1. The number of pyridine rings is 1. The summed E-state index contributed by atoms with van der Waals surface area (Å²) in [5, 5.41) is 1.16. The lowest BCUT2D eigenvalue weighted by molar-refractivity contribution is -0.139. The molecule has 1 atom stereocenters. The molecule has 0 saturated carbocycles. The van der Waals surface area contributed by atoms with Crippen molar-refractivity contribution in [1.82, 2.24) is 14.8 Å². The number of hydrogen-bond donors (Lipinski definition) is 0. The Bertz CT molecular complexity index is 683. The summed E-state index contributed by atoms with van der Waals surface area (Å²) in [5.74, 6) is 0.208. The molecule has 1 amide bonds. The Labute approximate surface area is 125 Å². The van der Waals surface area contributed by atoms with Crippen molar-refractivity contribution in [3.8, 4) is 0 Å². The lowest BCUT2D eigenvalue weighted by Crippen LogP contribution is -2.53. The molecule has 3 rings (SSSR count). The smallest absolute Gasteiger partial charge is 0.239 e. The van der Waals surface area contributed by atoms with E-state index in [1.807, 2.05) is 31.9 Å². The number of nitrogens with zero attached hydrogens (tertiary/aromatic N) is 3. The molecule has 1 aliphatic rings. The fraction of sp³-hybridized carbons (Fsp3) is 0.412. The van der Waals surface area contributed by atoms with Crippen molar-refractivity contribution in [2.75, 3.05) is 20.1 Å². The van der Waals surface area contributed by atoms with E-state index >= 15 is 0 Å². The van der Waals surface area contributed by atoms with Crippen molar-refractivity contribution in [3.05, 3.63) is 41.6 Å². The zero-order chi connectivity index (χ0) is 15.0. The van der Waals surface area contributed by atoms with Crippen molar-refractivity contribution in [2.45, 2.75) is 26.4 Å². The third kappa shape index (κ3) is 2.76. The fourth-order valence-corrected chi connectivity index (χ4v) is 2.88. The SMILES string of the molecule is Cc1ccc2cc(CN3CCN(C)C(=O)C3C)ccc2n1. The maximum atomic E-state index is 12.0. The van der Waals surface area contributed by atoms with Crippen molar-refractivity contribution >= 4 is 16.8 Å². The van der Waals surface area contributed by atoms with Crippen LogP contribution in [-0.2, 0) is 11.3 Å². The van der Waals surface area contributed by atoms with Crippen LogP contribution in [0.1, 0.15) is 18.2 Å². The Morgan fingerprint density at radius 1 is 1.24 bits per heavy atom. The zero-order valence-electron chi connectivity index (χ0n) is 12.8. The number of aryl methyl sites for hydroxylation is 1. The van der Waals surface area contributed by atoms with E-state index in [0.717, 1.165) is 36.2 Å². The largest absolute Gasteiger partial charge is 0.343 e. The highest BCUT2D eigenvalue weighted by Gasteiger charge is 2.28. The van der Waals surface area contributed by atoms with E-state index in [2.05, 4.69) is 34.1 Å². The minimum Gasteiger partial charge on any atom is -0.343 e. The van der Waals surface area contributed by atoms with Gasteiger partial charge in [0.2, 0.25) is 5.91 Å². The molecule has 0 radical (unpaired) electrons. The molecule has 21 heavy (non-hydrogen) atoms. The summed E-state index contributed by atoms with van der Waals surface area (Å²) < 4.78 is 0. The summed E-state index contributed by atoms with van der Waals surface area (Å²) >= 11 is 0. The first kappa shape index (κ1) is 14.0. The predicted molar refractivity (Wildman–Crippen MR) is 84.0 cm³/mol. The van der Waals surface area contributed by atoms with Crippen LogP contribution in [0, 0.1) is 6.92 Å². The van der Waals surface area contributed by atoms with Crippen LogP contribution >= 0.6 is 0 Å². The summed E-state index contributed by atoms with van der Waals surface area (Å²) in [6.07, 6.45) is 0. The van der Waals surface area contributed by atoms with Crippen LogP contribution in [-0.4, -0.2) is 46.9 Å². The molecule has 1 aliphatic heterocycles. The van der Waals surface area contributed by atoms with Crippen LogP contribution < -0.4 is 0 Å². The van der Waals surface area contributed by atoms with Gasteiger partial charge in [0, 0.05) is 37.8 Å². The standard InChI is InChI=1S/C17H21N3O/c1-12-4-6-15-10-14(5-7-16(15)18-12)11-20-9-8-19(3)17(21)13(20)2/h4-7,10,13H,8-9,11H2,1-3H3. The molecule has 110 valence electrons. The van der Waals surface area contributed by atoms with Gasteiger partial charge in [-0.1, -0.05) is 12.1 Å². The molecule has 1 saturated heterocycles. The molecule has 2 aromatic rings. The second-order valence-corrected chi connectivity index (χ2v) is 5.89. The first-order valence-electron chi connectivity index (χ1n) is 7.40. The minimum absolute atomic E-state index is 0.0458. The number of carbonyl (C=O) groups excluding carboxylic acids is 1. The van der Waals surface area contributed by atoms with Crippen LogP contribution in [0.25, 0.3) is 10.9 Å². The van der Waals surface area contributed by atoms with Crippen molar-refractivity contribution in [2.24, 2.45) is 0 Å². The van der Waals surface area contributed by atoms with E-state index in [0.29, 0.717) is 0 Å². The molecule has 4 heteroatoms.